The second-order valence-corrected chi connectivity index (χ2v) is 35.4. The fourth-order valence-electron chi connectivity index (χ4n) is 2.20. The van der Waals surface area contributed by atoms with Gasteiger partial charge >= 0.3 is 103 Å². The molecule has 0 unspecified atom stereocenters. The number of allylic oxidation sites excluding steroid dienone is 4. The molecule has 0 atom stereocenters. The Labute approximate surface area is 127 Å². The molecule has 1 N–H and O–H groups in total. The molecule has 1 aliphatic rings. The molecule has 0 spiro atoms. The van der Waals surface area contributed by atoms with Crippen LogP contribution in [0.5, 0.6) is 0 Å². The van der Waals surface area contributed by atoms with Gasteiger partial charge in [0.2, 0.25) is 0 Å². The normalized spacial score (nSPS) is 20.1. The molecule has 0 saturated carbocycles. The summed E-state index contributed by atoms with van der Waals surface area (Å²) in [6.07, 6.45) is 9.99. The molecule has 0 aliphatic heterocycles. The standard InChI is InChI=1S/C5H5.C4H10NO.5CH3.2ClH.Ti/c1-2-4-5-3-1;1-2-3-4-6-5;;;;;;;;/h1-3H,4H2;5H,2-4H2,1H3;5*1H3;2*1H;/q;-1;;;;;;;;+1. The number of halogens is 2. The first-order valence-corrected chi connectivity index (χ1v) is 16.3. The number of hydrogen-bond donors (Lipinski definition) is 1. The summed E-state index contributed by atoms with van der Waals surface area (Å²) in [7, 11) is 0. The van der Waals surface area contributed by atoms with Crippen LogP contribution in [0.3, 0.4) is 0 Å². The van der Waals surface area contributed by atoms with E-state index in [-0.39, 0.29) is 24.8 Å². The molecule has 0 fully saturated rings. The first-order valence-electron chi connectivity index (χ1n) is 6.92. The number of hydrogen-bond acceptors (Lipinski definition) is 2. The van der Waals surface area contributed by atoms with Crippen LogP contribution in [0.25, 0.3) is 0 Å². The molecular weight excluding hydrogens is 317 g/mol. The minimum absolute atomic E-state index is 0. The molecule has 0 amide bonds. The van der Waals surface area contributed by atoms with Crippen molar-refractivity contribution < 1.29 is 17.8 Å². The van der Waals surface area contributed by atoms with Gasteiger partial charge in [0.1, 0.15) is 0 Å². The summed E-state index contributed by atoms with van der Waals surface area (Å²) in [6, 6.07) is 0. The maximum Gasteiger partial charge on any atom is -0.147 e. The molecule has 1 aliphatic carbocycles. The van der Waals surface area contributed by atoms with E-state index in [2.05, 4.69) is 55.3 Å². The van der Waals surface area contributed by atoms with E-state index in [4.69, 9.17) is 4.84 Å². The Balaban J connectivity index is 0. The molecule has 19 heavy (non-hydrogen) atoms. The van der Waals surface area contributed by atoms with Crippen molar-refractivity contribution in [3.8, 4) is 0 Å². The van der Waals surface area contributed by atoms with Crippen LogP contribution in [0.15, 0.2) is 22.1 Å². The Bertz CT molecular complexity index is 385. The maximum atomic E-state index is 5.82. The van der Waals surface area contributed by atoms with Gasteiger partial charge in [0.05, 0.1) is 0 Å². The summed E-state index contributed by atoms with van der Waals surface area (Å²) in [4.78, 5) is 5.82. The van der Waals surface area contributed by atoms with E-state index < -0.39 is 13.0 Å². The van der Waals surface area contributed by atoms with Crippen molar-refractivity contribution in [2.24, 2.45) is 0 Å². The van der Waals surface area contributed by atoms with Crippen LogP contribution < -0.4 is 3.96 Å². The summed E-state index contributed by atoms with van der Waals surface area (Å²) in [5, 5.41) is 12.0. The number of rotatable bonds is 6. The molecule has 117 valence electrons. The third-order valence-corrected chi connectivity index (χ3v) is 11.8. The van der Waals surface area contributed by atoms with Crippen LogP contribution in [0.2, 0.25) is 26.1 Å². The summed E-state index contributed by atoms with van der Waals surface area (Å²) in [5.74, 6) is 0. The van der Waals surface area contributed by atoms with Crippen molar-refractivity contribution in [1.29, 1.82) is 0 Å². The molecule has 0 aromatic rings. The minimum Gasteiger partial charge on any atom is -0.147 e. The summed E-state index contributed by atoms with van der Waals surface area (Å²) in [6.45, 7) is 2.98. The quantitative estimate of drug-likeness (QED) is 0.366. The van der Waals surface area contributed by atoms with Gasteiger partial charge in [-0.2, -0.15) is 0 Å². The zero-order valence-electron chi connectivity index (χ0n) is 13.3. The third-order valence-electron chi connectivity index (χ3n) is 3.77. The molecule has 0 aromatic heterocycles. The zero-order chi connectivity index (χ0) is 13.3. The molecule has 0 heterocycles. The molecular formula is C14H32Cl2NOTi. The van der Waals surface area contributed by atoms with Crippen molar-refractivity contribution >= 4 is 24.8 Å². The second kappa shape index (κ2) is 5.16. The van der Waals surface area contributed by atoms with Crippen LogP contribution >= 0.6 is 24.8 Å². The van der Waals surface area contributed by atoms with Crippen molar-refractivity contribution in [1.82, 2.24) is 3.96 Å². The predicted molar refractivity (Wildman–Crippen MR) is 89.7 cm³/mol. The SMILES string of the molecule is CCCCO[NH][Ti]([CH3])([CH3])([CH3])([CH3])([CH3])[C]1=CC=CC1.Cl.Cl. The first kappa shape index (κ1) is 22.0. The van der Waals surface area contributed by atoms with Crippen LogP contribution in [0.4, 0.5) is 0 Å². The minimum atomic E-state index is -3.85. The monoisotopic (exact) mass is 348 g/mol. The second-order valence-electron chi connectivity index (χ2n) is 10.3. The molecule has 0 aromatic carbocycles. The van der Waals surface area contributed by atoms with Gasteiger partial charge < -0.3 is 0 Å². The van der Waals surface area contributed by atoms with Crippen molar-refractivity contribution in [3.05, 3.63) is 22.1 Å². The van der Waals surface area contributed by atoms with E-state index in [1.165, 1.54) is 10.3 Å². The van der Waals surface area contributed by atoms with E-state index >= 15 is 0 Å². The van der Waals surface area contributed by atoms with E-state index in [1.54, 1.807) is 0 Å². The zero-order valence-corrected chi connectivity index (χ0v) is 16.5. The van der Waals surface area contributed by atoms with Gasteiger partial charge in [-0.3, -0.25) is 0 Å². The van der Waals surface area contributed by atoms with Gasteiger partial charge in [-0.05, 0) is 0 Å². The first-order chi connectivity index (χ1) is 7.40. The van der Waals surface area contributed by atoms with E-state index in [1.807, 2.05) is 0 Å². The average Bonchev–Trinajstić information content (AvgIpc) is 2.64. The third kappa shape index (κ3) is 5.91. The van der Waals surface area contributed by atoms with Crippen molar-refractivity contribution in [2.45, 2.75) is 52.3 Å². The Morgan fingerprint density at radius 3 is 2.16 bits per heavy atom. The topological polar surface area (TPSA) is 21.3 Å². The fraction of sp³-hybridized carbons (Fsp3) is 0.714. The van der Waals surface area contributed by atoms with E-state index in [9.17, 15) is 0 Å². The maximum absolute atomic E-state index is 5.82. The van der Waals surface area contributed by atoms with Gasteiger partial charge in [0.15, 0.2) is 0 Å². The van der Waals surface area contributed by atoms with Crippen LogP contribution in [0, 0.1) is 0 Å². The Hall–Kier alpha value is 0.694. The number of unbranched alkanes of at least 4 members (excludes halogenated alkanes) is 1. The van der Waals surface area contributed by atoms with Gasteiger partial charge in [-0.1, -0.05) is 0 Å². The Morgan fingerprint density at radius 1 is 1.16 bits per heavy atom. The molecule has 2 nitrogen and oxygen atoms in total. The van der Waals surface area contributed by atoms with Gasteiger partial charge in [0.25, 0.3) is 0 Å². The summed E-state index contributed by atoms with van der Waals surface area (Å²) < 4.78 is 5.05. The average molecular weight is 349 g/mol. The Kier molecular flexibility index (Phi) is 5.96. The van der Waals surface area contributed by atoms with Gasteiger partial charge in [-0.25, -0.2) is 0 Å². The number of nitrogens with one attached hydrogen (secondary N) is 1. The van der Waals surface area contributed by atoms with Crippen LogP contribution in [-0.4, -0.2) is 6.61 Å². The van der Waals surface area contributed by atoms with E-state index in [0.29, 0.717) is 0 Å². The van der Waals surface area contributed by atoms with Crippen LogP contribution in [0.1, 0.15) is 26.2 Å². The smallest absolute Gasteiger partial charge is 0.147 e. The van der Waals surface area contributed by atoms with E-state index in [0.717, 1.165) is 19.4 Å². The molecule has 0 bridgehead atoms. The molecule has 1 rings (SSSR count). The predicted octanol–water partition coefficient (Wildman–Crippen LogP) is 5.91. The van der Waals surface area contributed by atoms with Gasteiger partial charge in [-0.15, -0.1) is 24.8 Å². The summed E-state index contributed by atoms with van der Waals surface area (Å²) in [5.41, 5.74) is 0. The molecule has 5 heteroatoms. The van der Waals surface area contributed by atoms with Crippen molar-refractivity contribution in [3.63, 3.8) is 0 Å². The Morgan fingerprint density at radius 2 is 1.74 bits per heavy atom. The van der Waals surface area contributed by atoms with Crippen LogP contribution in [-0.2, 0) is 17.8 Å². The fourth-order valence-corrected chi connectivity index (χ4v) is 7.32. The van der Waals surface area contributed by atoms with Crippen molar-refractivity contribution in [2.75, 3.05) is 6.61 Å². The largest absolute Gasteiger partial charge is 0.147 e. The molecule has 0 radical (unpaired) electrons. The molecule has 0 saturated heterocycles. The van der Waals surface area contributed by atoms with Gasteiger partial charge in [0, 0.05) is 0 Å². The summed E-state index contributed by atoms with van der Waals surface area (Å²) >= 11 is -3.85.